The molecule has 48 heavy (non-hydrogen) atoms. The maximum absolute atomic E-state index is 17.2. The highest BCUT2D eigenvalue weighted by atomic mass is 35.5. The van der Waals surface area contributed by atoms with E-state index in [4.69, 9.17) is 35.2 Å². The Morgan fingerprint density at radius 1 is 0.917 bits per heavy atom. The first kappa shape index (κ1) is 33.7. The zero-order chi connectivity index (χ0) is 33.7. The Bertz CT molecular complexity index is 1850. The van der Waals surface area contributed by atoms with Gasteiger partial charge in [0.2, 0.25) is 9.76 Å². The number of pyridine rings is 1. The van der Waals surface area contributed by atoms with Gasteiger partial charge in [0.1, 0.15) is 12.4 Å². The summed E-state index contributed by atoms with van der Waals surface area (Å²) in [6, 6.07) is 26.5. The van der Waals surface area contributed by atoms with Gasteiger partial charge in [-0.3, -0.25) is 9.88 Å². The van der Waals surface area contributed by atoms with E-state index in [1.54, 1.807) is 19.4 Å². The monoisotopic (exact) mass is 685 g/mol. The van der Waals surface area contributed by atoms with Crippen LogP contribution in [0.2, 0.25) is 10.1 Å². The highest BCUT2D eigenvalue weighted by Crippen LogP contribution is 2.48. The van der Waals surface area contributed by atoms with E-state index in [1.165, 1.54) is 0 Å². The molecule has 2 heterocycles. The van der Waals surface area contributed by atoms with Gasteiger partial charge in [0.25, 0.3) is 0 Å². The molecule has 0 bridgehead atoms. The predicted octanol–water partition coefficient (Wildman–Crippen LogP) is 8.56. The van der Waals surface area contributed by atoms with Gasteiger partial charge >= 0.3 is 0 Å². The summed E-state index contributed by atoms with van der Waals surface area (Å²) in [5, 5.41) is 1.01. The molecule has 1 aliphatic heterocycles. The van der Waals surface area contributed by atoms with Crippen LogP contribution in [-0.4, -0.2) is 66.2 Å². The van der Waals surface area contributed by atoms with Gasteiger partial charge in [-0.2, -0.15) is 0 Å². The van der Waals surface area contributed by atoms with Crippen molar-refractivity contribution in [2.24, 2.45) is 0 Å². The molecule has 5 aromatic rings. The SMILES string of the molecule is COc1cc2c(N(c3ccccc3)c3cc(O[SiH2]C(C)(C)C)c(Cl)c(-c4ccccc4)c3F)ccnc2cc1OCCN1CCOCC1. The number of halogens is 2. The van der Waals surface area contributed by atoms with Crippen molar-refractivity contribution in [3.05, 3.63) is 102 Å². The van der Waals surface area contributed by atoms with Crippen LogP contribution in [0, 0.1) is 5.82 Å². The van der Waals surface area contributed by atoms with Gasteiger partial charge in [-0.05, 0) is 34.9 Å². The second-order valence-corrected chi connectivity index (χ2v) is 16.0. The molecular formula is C38H41ClFN3O4Si. The minimum atomic E-state index is -1.08. The molecule has 0 amide bonds. The summed E-state index contributed by atoms with van der Waals surface area (Å²) in [6.45, 7) is 10.9. The summed E-state index contributed by atoms with van der Waals surface area (Å²) >= 11 is 6.98. The van der Waals surface area contributed by atoms with Crippen LogP contribution in [0.1, 0.15) is 20.8 Å². The Morgan fingerprint density at radius 3 is 2.31 bits per heavy atom. The summed E-state index contributed by atoms with van der Waals surface area (Å²) in [4.78, 5) is 8.91. The Labute approximate surface area is 289 Å². The number of rotatable bonds is 11. The summed E-state index contributed by atoms with van der Waals surface area (Å²) in [7, 11) is 0.540. The normalized spacial score (nSPS) is 14.0. The minimum Gasteiger partial charge on any atom is -0.548 e. The summed E-state index contributed by atoms with van der Waals surface area (Å²) in [6.07, 6.45) is 1.73. The van der Waals surface area contributed by atoms with Crippen LogP contribution < -0.4 is 18.8 Å². The van der Waals surface area contributed by atoms with Crippen molar-refractivity contribution < 1.29 is 23.0 Å². The van der Waals surface area contributed by atoms with Crippen molar-refractivity contribution in [2.45, 2.75) is 25.8 Å². The fraction of sp³-hybridized carbons (Fsp3) is 0.289. The van der Waals surface area contributed by atoms with Crippen LogP contribution >= 0.6 is 11.6 Å². The molecule has 1 aromatic heterocycles. The fourth-order valence-electron chi connectivity index (χ4n) is 5.72. The zero-order valence-electron chi connectivity index (χ0n) is 27.8. The van der Waals surface area contributed by atoms with E-state index in [9.17, 15) is 0 Å². The van der Waals surface area contributed by atoms with E-state index in [0.29, 0.717) is 51.9 Å². The number of aromatic nitrogens is 1. The van der Waals surface area contributed by atoms with Gasteiger partial charge in [0.15, 0.2) is 17.3 Å². The average molecular weight is 686 g/mol. The van der Waals surface area contributed by atoms with E-state index in [2.05, 4.69) is 25.7 Å². The highest BCUT2D eigenvalue weighted by Gasteiger charge is 2.27. The number of morpholine rings is 1. The lowest BCUT2D eigenvalue weighted by molar-refractivity contribution is 0.0321. The molecule has 0 atom stereocenters. The zero-order valence-corrected chi connectivity index (χ0v) is 30.0. The van der Waals surface area contributed by atoms with E-state index >= 15 is 4.39 Å². The molecule has 0 saturated carbocycles. The van der Waals surface area contributed by atoms with Crippen molar-refractivity contribution in [3.63, 3.8) is 0 Å². The van der Waals surface area contributed by atoms with Crippen LogP contribution in [0.15, 0.2) is 91.1 Å². The molecule has 1 fully saturated rings. The fourth-order valence-corrected chi connectivity index (χ4v) is 6.93. The van der Waals surface area contributed by atoms with Crippen molar-refractivity contribution in [1.82, 2.24) is 9.88 Å². The predicted molar refractivity (Wildman–Crippen MR) is 195 cm³/mol. The summed E-state index contributed by atoms with van der Waals surface area (Å²) < 4.78 is 41.1. The number of ether oxygens (including phenoxy) is 3. The number of benzene rings is 4. The number of nitrogens with zero attached hydrogens (tertiary/aromatic N) is 3. The molecule has 7 nitrogen and oxygen atoms in total. The van der Waals surface area contributed by atoms with Crippen molar-refractivity contribution in [1.29, 1.82) is 0 Å². The Kier molecular flexibility index (Phi) is 10.5. The van der Waals surface area contributed by atoms with E-state index in [0.717, 1.165) is 43.9 Å². The third-order valence-corrected chi connectivity index (χ3v) is 9.84. The highest BCUT2D eigenvalue weighted by molar-refractivity contribution is 6.37. The molecule has 0 aliphatic carbocycles. The molecule has 0 radical (unpaired) electrons. The van der Waals surface area contributed by atoms with Crippen LogP contribution in [0.4, 0.5) is 21.5 Å². The van der Waals surface area contributed by atoms with Crippen LogP contribution in [0.5, 0.6) is 17.2 Å². The number of methoxy groups -OCH3 is 1. The maximum Gasteiger partial charge on any atom is 0.224 e. The van der Waals surface area contributed by atoms with Gasteiger partial charge in [0.05, 0.1) is 42.2 Å². The molecule has 250 valence electrons. The molecule has 0 N–H and O–H groups in total. The molecule has 0 spiro atoms. The van der Waals surface area contributed by atoms with Gasteiger partial charge < -0.3 is 23.5 Å². The minimum absolute atomic E-state index is 0.0102. The van der Waals surface area contributed by atoms with Gasteiger partial charge in [0, 0.05) is 54.6 Å². The first-order chi connectivity index (χ1) is 23.2. The number of hydrogen-bond acceptors (Lipinski definition) is 7. The molecule has 0 unspecified atom stereocenters. The second kappa shape index (κ2) is 14.9. The molecule has 6 rings (SSSR count). The number of anilines is 3. The summed E-state index contributed by atoms with van der Waals surface area (Å²) in [5.74, 6) is 1.16. The van der Waals surface area contributed by atoms with Crippen LogP contribution in [-0.2, 0) is 4.74 Å². The van der Waals surface area contributed by atoms with Crippen molar-refractivity contribution in [2.75, 3.05) is 51.5 Å². The quantitative estimate of drug-likeness (QED) is 0.129. The molecule has 4 aromatic carbocycles. The lowest BCUT2D eigenvalue weighted by Gasteiger charge is -2.29. The number of fused-ring (bicyclic) bond motifs is 1. The van der Waals surface area contributed by atoms with E-state index in [1.807, 2.05) is 83.8 Å². The summed E-state index contributed by atoms with van der Waals surface area (Å²) in [5.41, 5.74) is 3.42. The van der Waals surface area contributed by atoms with Crippen molar-refractivity contribution >= 4 is 49.3 Å². The van der Waals surface area contributed by atoms with Crippen LogP contribution in [0.3, 0.4) is 0 Å². The van der Waals surface area contributed by atoms with Gasteiger partial charge in [-0.15, -0.1) is 0 Å². The Hall–Kier alpha value is -4.15. The number of hydrogen-bond donors (Lipinski definition) is 0. The maximum atomic E-state index is 17.2. The first-order valence-electron chi connectivity index (χ1n) is 16.2. The Morgan fingerprint density at radius 2 is 1.62 bits per heavy atom. The second-order valence-electron chi connectivity index (χ2n) is 12.9. The van der Waals surface area contributed by atoms with Crippen LogP contribution in [0.25, 0.3) is 22.0 Å². The molecule has 1 aliphatic rings. The lowest BCUT2D eigenvalue weighted by atomic mass is 10.0. The Balaban J connectivity index is 1.49. The van der Waals surface area contributed by atoms with E-state index < -0.39 is 15.6 Å². The molecular weight excluding hydrogens is 645 g/mol. The molecule has 1 saturated heterocycles. The third-order valence-electron chi connectivity index (χ3n) is 8.14. The smallest absolute Gasteiger partial charge is 0.224 e. The van der Waals surface area contributed by atoms with Gasteiger partial charge in [-0.25, -0.2) is 4.39 Å². The van der Waals surface area contributed by atoms with E-state index in [-0.39, 0.29) is 10.1 Å². The first-order valence-corrected chi connectivity index (χ1v) is 17.8. The van der Waals surface area contributed by atoms with Crippen molar-refractivity contribution in [3.8, 4) is 28.4 Å². The average Bonchev–Trinajstić information content (AvgIpc) is 3.09. The number of para-hydroxylation sites is 1. The topological polar surface area (TPSA) is 56.3 Å². The third kappa shape index (κ3) is 7.60. The lowest BCUT2D eigenvalue weighted by Crippen LogP contribution is -2.38. The molecule has 10 heteroatoms. The standard InChI is InChI=1S/C38H41ClFN3O4Si/c1-38(2,3)48-47-34-25-31(37(40)35(36(34)39)26-11-7-5-8-12-26)43(27-13-9-6-10-14-27)30-15-16-41-29-24-33(32(44-4)23-28(29)30)46-22-19-42-17-20-45-21-18-42/h5-16,23-25H,17-22,48H2,1-4H3. The largest absolute Gasteiger partial charge is 0.548 e. The van der Waals surface area contributed by atoms with Gasteiger partial charge in [-0.1, -0.05) is 80.9 Å².